The van der Waals surface area contributed by atoms with Gasteiger partial charge >= 0.3 is 0 Å². The van der Waals surface area contributed by atoms with Gasteiger partial charge in [-0.25, -0.2) is 0 Å². The van der Waals surface area contributed by atoms with Crippen molar-refractivity contribution < 1.29 is 13.9 Å². The second-order valence-electron chi connectivity index (χ2n) is 5.03. The van der Waals surface area contributed by atoms with Crippen LogP contribution in [0.15, 0.2) is 65.4 Å². The number of amides is 1. The number of nitrogens with zero attached hydrogens (tertiary/aromatic N) is 4. The van der Waals surface area contributed by atoms with E-state index in [1.165, 1.54) is 11.3 Å². The van der Waals surface area contributed by atoms with Crippen LogP contribution in [0.5, 0.6) is 5.75 Å². The Balaban J connectivity index is 1.64. The maximum Gasteiger partial charge on any atom is 0.265 e. The van der Waals surface area contributed by atoms with Gasteiger partial charge in [0.15, 0.2) is 6.61 Å². The summed E-state index contributed by atoms with van der Waals surface area (Å²) in [5.41, 5.74) is 1.41. The third-order valence-electron chi connectivity index (χ3n) is 3.42. The molecule has 0 unspecified atom stereocenters. The molecule has 3 aromatic rings. The van der Waals surface area contributed by atoms with Crippen LogP contribution >= 0.6 is 0 Å². The number of para-hydroxylation sites is 1. The minimum atomic E-state index is -0.297. The van der Waals surface area contributed by atoms with Gasteiger partial charge in [0.05, 0.1) is 6.07 Å². The summed E-state index contributed by atoms with van der Waals surface area (Å²) in [7, 11) is 0. The Labute approximate surface area is 144 Å². The number of hydrogen-bond acceptors (Lipinski definition) is 6. The second-order valence-corrected chi connectivity index (χ2v) is 5.03. The van der Waals surface area contributed by atoms with Crippen molar-refractivity contribution in [2.45, 2.75) is 0 Å². The molecule has 1 amide bonds. The van der Waals surface area contributed by atoms with Crippen molar-refractivity contribution in [2.24, 2.45) is 0 Å². The number of benzene rings is 2. The SMILES string of the molecule is N#CCN(C(=O)COc1ccc(-c2nnco2)cc1)c1ccccc1. The molecule has 3 rings (SSSR count). The fourth-order valence-electron chi connectivity index (χ4n) is 2.22. The van der Waals surface area contributed by atoms with E-state index in [1.54, 1.807) is 36.4 Å². The average Bonchev–Trinajstić information content (AvgIpc) is 3.20. The molecule has 0 N–H and O–H groups in total. The Morgan fingerprint density at radius 3 is 2.56 bits per heavy atom. The van der Waals surface area contributed by atoms with E-state index in [2.05, 4.69) is 10.2 Å². The van der Waals surface area contributed by atoms with Crippen molar-refractivity contribution in [3.63, 3.8) is 0 Å². The zero-order valence-corrected chi connectivity index (χ0v) is 13.2. The Morgan fingerprint density at radius 2 is 1.92 bits per heavy atom. The van der Waals surface area contributed by atoms with Gasteiger partial charge in [0.2, 0.25) is 12.3 Å². The molecule has 0 radical (unpaired) electrons. The lowest BCUT2D eigenvalue weighted by atomic mass is 10.2. The molecular formula is C18H14N4O3. The minimum Gasteiger partial charge on any atom is -0.484 e. The quantitative estimate of drug-likeness (QED) is 0.644. The Morgan fingerprint density at radius 1 is 1.16 bits per heavy atom. The van der Waals surface area contributed by atoms with Gasteiger partial charge in [0.25, 0.3) is 5.91 Å². The molecule has 0 aliphatic carbocycles. The zero-order valence-electron chi connectivity index (χ0n) is 13.2. The molecule has 1 heterocycles. The van der Waals surface area contributed by atoms with Crippen LogP contribution in [0.3, 0.4) is 0 Å². The van der Waals surface area contributed by atoms with Crippen molar-refractivity contribution >= 4 is 11.6 Å². The Hall–Kier alpha value is -3.66. The summed E-state index contributed by atoms with van der Waals surface area (Å²) in [6.07, 6.45) is 1.26. The van der Waals surface area contributed by atoms with Gasteiger partial charge < -0.3 is 9.15 Å². The molecule has 0 bridgehead atoms. The molecule has 1 aromatic heterocycles. The van der Waals surface area contributed by atoms with E-state index >= 15 is 0 Å². The van der Waals surface area contributed by atoms with Crippen molar-refractivity contribution in [1.82, 2.24) is 10.2 Å². The van der Waals surface area contributed by atoms with E-state index in [0.717, 1.165) is 5.56 Å². The highest BCUT2D eigenvalue weighted by Crippen LogP contribution is 2.20. The van der Waals surface area contributed by atoms with Crippen LogP contribution in [-0.2, 0) is 4.79 Å². The lowest BCUT2D eigenvalue weighted by molar-refractivity contribution is -0.120. The van der Waals surface area contributed by atoms with Crippen LogP contribution in [0.2, 0.25) is 0 Å². The summed E-state index contributed by atoms with van der Waals surface area (Å²) < 4.78 is 10.6. The summed E-state index contributed by atoms with van der Waals surface area (Å²) in [5.74, 6) is 0.641. The number of rotatable bonds is 6. The van der Waals surface area contributed by atoms with Crippen LogP contribution < -0.4 is 9.64 Å². The van der Waals surface area contributed by atoms with Gasteiger partial charge in [-0.05, 0) is 36.4 Å². The first-order chi connectivity index (χ1) is 12.3. The van der Waals surface area contributed by atoms with E-state index in [1.807, 2.05) is 24.3 Å². The highest BCUT2D eigenvalue weighted by atomic mass is 16.5. The van der Waals surface area contributed by atoms with Gasteiger partial charge in [0.1, 0.15) is 12.3 Å². The molecule has 0 fully saturated rings. The number of nitriles is 1. The number of anilines is 1. The first-order valence-electron chi connectivity index (χ1n) is 7.49. The van der Waals surface area contributed by atoms with Gasteiger partial charge in [0, 0.05) is 11.3 Å². The van der Waals surface area contributed by atoms with Crippen LogP contribution in [0.25, 0.3) is 11.5 Å². The van der Waals surface area contributed by atoms with Gasteiger partial charge in [-0.1, -0.05) is 18.2 Å². The lowest BCUT2D eigenvalue weighted by Gasteiger charge is -2.19. The summed E-state index contributed by atoms with van der Waals surface area (Å²) >= 11 is 0. The van der Waals surface area contributed by atoms with Crippen molar-refractivity contribution in [3.05, 3.63) is 61.0 Å². The lowest BCUT2D eigenvalue weighted by Crippen LogP contribution is -2.35. The van der Waals surface area contributed by atoms with E-state index < -0.39 is 0 Å². The third kappa shape index (κ3) is 4.00. The molecule has 0 aliphatic heterocycles. The van der Waals surface area contributed by atoms with E-state index in [0.29, 0.717) is 17.3 Å². The molecule has 0 spiro atoms. The van der Waals surface area contributed by atoms with Crippen LogP contribution in [-0.4, -0.2) is 29.3 Å². The fraction of sp³-hybridized carbons (Fsp3) is 0.111. The van der Waals surface area contributed by atoms with Gasteiger partial charge in [-0.15, -0.1) is 10.2 Å². The molecular weight excluding hydrogens is 320 g/mol. The standard InChI is InChI=1S/C18H14N4O3/c19-10-11-22(15-4-2-1-3-5-15)17(23)12-24-16-8-6-14(7-9-16)18-21-20-13-25-18/h1-9,13H,11-12H2. The Bertz CT molecular complexity index is 856. The number of carbonyl (C=O) groups excluding carboxylic acids is 1. The number of hydrogen-bond donors (Lipinski definition) is 0. The smallest absolute Gasteiger partial charge is 0.265 e. The number of carbonyl (C=O) groups is 1. The average molecular weight is 334 g/mol. The molecule has 0 saturated carbocycles. The topological polar surface area (TPSA) is 92.2 Å². The first-order valence-corrected chi connectivity index (χ1v) is 7.49. The monoisotopic (exact) mass is 334 g/mol. The van der Waals surface area contributed by atoms with Crippen LogP contribution in [0, 0.1) is 11.3 Å². The normalized spacial score (nSPS) is 10.0. The molecule has 124 valence electrons. The second kappa shape index (κ2) is 7.75. The summed E-state index contributed by atoms with van der Waals surface area (Å²) in [6, 6.07) is 18.0. The van der Waals surface area contributed by atoms with Crippen molar-refractivity contribution in [1.29, 1.82) is 5.26 Å². The molecule has 7 heteroatoms. The summed E-state index contributed by atoms with van der Waals surface area (Å²) in [4.78, 5) is 13.8. The highest BCUT2D eigenvalue weighted by Gasteiger charge is 2.16. The third-order valence-corrected chi connectivity index (χ3v) is 3.42. The van der Waals surface area contributed by atoms with Gasteiger partial charge in [-0.2, -0.15) is 5.26 Å². The maximum atomic E-state index is 12.4. The summed E-state index contributed by atoms with van der Waals surface area (Å²) in [5, 5.41) is 16.4. The molecule has 0 atom stereocenters. The predicted molar refractivity (Wildman–Crippen MR) is 89.6 cm³/mol. The van der Waals surface area contributed by atoms with Crippen molar-refractivity contribution in [2.75, 3.05) is 18.1 Å². The van der Waals surface area contributed by atoms with Crippen LogP contribution in [0.1, 0.15) is 0 Å². The molecule has 7 nitrogen and oxygen atoms in total. The van der Waals surface area contributed by atoms with Gasteiger partial charge in [-0.3, -0.25) is 9.69 Å². The largest absolute Gasteiger partial charge is 0.484 e. The molecule has 0 saturated heterocycles. The van der Waals surface area contributed by atoms with Crippen LogP contribution in [0.4, 0.5) is 5.69 Å². The van der Waals surface area contributed by atoms with E-state index in [4.69, 9.17) is 14.4 Å². The maximum absolute atomic E-state index is 12.4. The first kappa shape index (κ1) is 16.2. The zero-order chi connectivity index (χ0) is 17.5. The summed E-state index contributed by atoms with van der Waals surface area (Å²) in [6.45, 7) is -0.210. The number of ether oxygens (including phenoxy) is 1. The molecule has 0 aliphatic rings. The number of aromatic nitrogens is 2. The predicted octanol–water partition coefficient (Wildman–Crippen LogP) is 2.67. The molecule has 25 heavy (non-hydrogen) atoms. The van der Waals surface area contributed by atoms with E-state index in [-0.39, 0.29) is 19.1 Å². The highest BCUT2D eigenvalue weighted by molar-refractivity contribution is 5.94. The van der Waals surface area contributed by atoms with Crippen molar-refractivity contribution in [3.8, 4) is 23.3 Å². The fourth-order valence-corrected chi connectivity index (χ4v) is 2.22. The van der Waals surface area contributed by atoms with E-state index in [9.17, 15) is 4.79 Å². The Kier molecular flexibility index (Phi) is 5.02. The minimum absolute atomic E-state index is 0.0394. The molecule has 2 aromatic carbocycles.